The molecule has 2 unspecified atom stereocenters. The molecule has 1 amide bonds. The highest BCUT2D eigenvalue weighted by atomic mass is 16.1. The minimum atomic E-state index is -0.214. The summed E-state index contributed by atoms with van der Waals surface area (Å²) < 4.78 is 0. The Bertz CT molecular complexity index is 238. The third-order valence-electron chi connectivity index (χ3n) is 3.60. The molecule has 3 heteroatoms. The monoisotopic (exact) mass is 226 g/mol. The summed E-state index contributed by atoms with van der Waals surface area (Å²) in [6, 6.07) is 0.778. The number of amides is 1. The van der Waals surface area contributed by atoms with Crippen LogP contribution in [0.4, 0.5) is 0 Å². The second-order valence-corrected chi connectivity index (χ2v) is 6.03. The molecule has 1 saturated carbocycles. The Labute approximate surface area is 99.2 Å². The van der Waals surface area contributed by atoms with Gasteiger partial charge >= 0.3 is 0 Å². The SMILES string of the molecule is CC(CC(N)=O)NC1CCCC(C)(C)CC1. The summed E-state index contributed by atoms with van der Waals surface area (Å²) in [5, 5.41) is 3.53. The molecule has 2 atom stereocenters. The molecule has 3 nitrogen and oxygen atoms in total. The average Bonchev–Trinajstić information content (AvgIpc) is 2.26. The van der Waals surface area contributed by atoms with Gasteiger partial charge in [-0.25, -0.2) is 0 Å². The van der Waals surface area contributed by atoms with Crippen LogP contribution in [-0.2, 0) is 4.79 Å². The zero-order chi connectivity index (χ0) is 12.2. The first-order valence-corrected chi connectivity index (χ1v) is 6.43. The maximum atomic E-state index is 10.8. The number of nitrogens with one attached hydrogen (secondary N) is 1. The maximum absolute atomic E-state index is 10.8. The van der Waals surface area contributed by atoms with Gasteiger partial charge in [0.25, 0.3) is 0 Å². The fraction of sp³-hybridized carbons (Fsp3) is 0.923. The van der Waals surface area contributed by atoms with E-state index in [9.17, 15) is 4.79 Å². The van der Waals surface area contributed by atoms with Crippen LogP contribution in [0.15, 0.2) is 0 Å². The molecular formula is C13H26N2O. The summed E-state index contributed by atoms with van der Waals surface area (Å²) in [7, 11) is 0. The van der Waals surface area contributed by atoms with Gasteiger partial charge in [-0.05, 0) is 38.0 Å². The van der Waals surface area contributed by atoms with E-state index in [1.807, 2.05) is 6.92 Å². The van der Waals surface area contributed by atoms with Gasteiger partial charge in [-0.3, -0.25) is 4.79 Å². The molecule has 0 spiro atoms. The summed E-state index contributed by atoms with van der Waals surface area (Å²) in [5.41, 5.74) is 5.68. The topological polar surface area (TPSA) is 55.1 Å². The van der Waals surface area contributed by atoms with E-state index in [4.69, 9.17) is 5.73 Å². The minimum Gasteiger partial charge on any atom is -0.370 e. The van der Waals surface area contributed by atoms with Crippen molar-refractivity contribution in [3.05, 3.63) is 0 Å². The molecule has 1 aliphatic rings. The molecule has 16 heavy (non-hydrogen) atoms. The number of nitrogens with two attached hydrogens (primary N) is 1. The lowest BCUT2D eigenvalue weighted by atomic mass is 9.85. The molecule has 94 valence electrons. The number of rotatable bonds is 4. The highest BCUT2D eigenvalue weighted by Gasteiger charge is 2.24. The van der Waals surface area contributed by atoms with Gasteiger partial charge < -0.3 is 11.1 Å². The molecule has 1 rings (SSSR count). The van der Waals surface area contributed by atoms with Crippen molar-refractivity contribution >= 4 is 5.91 Å². The summed E-state index contributed by atoms with van der Waals surface area (Å²) in [4.78, 5) is 10.8. The lowest BCUT2D eigenvalue weighted by Gasteiger charge is -2.23. The van der Waals surface area contributed by atoms with Gasteiger partial charge in [-0.1, -0.05) is 20.3 Å². The van der Waals surface area contributed by atoms with Crippen molar-refractivity contribution in [3.63, 3.8) is 0 Å². The molecule has 0 bridgehead atoms. The molecule has 0 aliphatic heterocycles. The highest BCUT2D eigenvalue weighted by Crippen LogP contribution is 2.33. The molecule has 0 aromatic heterocycles. The zero-order valence-corrected chi connectivity index (χ0v) is 10.9. The van der Waals surface area contributed by atoms with E-state index in [1.165, 1.54) is 32.1 Å². The second-order valence-electron chi connectivity index (χ2n) is 6.03. The molecule has 0 heterocycles. The van der Waals surface area contributed by atoms with E-state index in [2.05, 4.69) is 19.2 Å². The van der Waals surface area contributed by atoms with Crippen molar-refractivity contribution in [3.8, 4) is 0 Å². The third kappa shape index (κ3) is 4.97. The Morgan fingerprint density at radius 2 is 2.12 bits per heavy atom. The van der Waals surface area contributed by atoms with Crippen molar-refractivity contribution < 1.29 is 4.79 Å². The molecular weight excluding hydrogens is 200 g/mol. The summed E-state index contributed by atoms with van der Waals surface area (Å²) in [6.07, 6.45) is 6.76. The maximum Gasteiger partial charge on any atom is 0.218 e. The summed E-state index contributed by atoms with van der Waals surface area (Å²) in [6.45, 7) is 6.74. The van der Waals surface area contributed by atoms with Crippen LogP contribution in [0.3, 0.4) is 0 Å². The van der Waals surface area contributed by atoms with Crippen LogP contribution < -0.4 is 11.1 Å². The normalized spacial score (nSPS) is 27.1. The standard InChI is InChI=1S/C13H26N2O/c1-10(9-12(14)16)15-11-5-4-7-13(2,3)8-6-11/h10-11,15H,4-9H2,1-3H3,(H2,14,16). The molecule has 0 aromatic carbocycles. The van der Waals surface area contributed by atoms with Crippen LogP contribution in [0, 0.1) is 5.41 Å². The molecule has 0 radical (unpaired) electrons. The smallest absolute Gasteiger partial charge is 0.218 e. The second kappa shape index (κ2) is 5.67. The van der Waals surface area contributed by atoms with Crippen LogP contribution in [-0.4, -0.2) is 18.0 Å². The van der Waals surface area contributed by atoms with Crippen LogP contribution >= 0.6 is 0 Å². The average molecular weight is 226 g/mol. The predicted molar refractivity (Wildman–Crippen MR) is 67.1 cm³/mol. The number of hydrogen-bond acceptors (Lipinski definition) is 2. The van der Waals surface area contributed by atoms with Gasteiger partial charge in [0.1, 0.15) is 0 Å². The van der Waals surface area contributed by atoms with Gasteiger partial charge in [0.15, 0.2) is 0 Å². The Hall–Kier alpha value is -0.570. The Kier molecular flexibility index (Phi) is 4.78. The fourth-order valence-corrected chi connectivity index (χ4v) is 2.59. The van der Waals surface area contributed by atoms with Gasteiger partial charge in [-0.2, -0.15) is 0 Å². The Morgan fingerprint density at radius 1 is 1.44 bits per heavy atom. The van der Waals surface area contributed by atoms with E-state index in [0.717, 1.165) is 0 Å². The van der Waals surface area contributed by atoms with Crippen molar-refractivity contribution in [1.82, 2.24) is 5.32 Å². The van der Waals surface area contributed by atoms with Crippen molar-refractivity contribution in [2.45, 2.75) is 71.4 Å². The van der Waals surface area contributed by atoms with Gasteiger partial charge in [0.2, 0.25) is 5.91 Å². The quantitative estimate of drug-likeness (QED) is 0.722. The summed E-state index contributed by atoms with van der Waals surface area (Å²) >= 11 is 0. The van der Waals surface area contributed by atoms with Gasteiger partial charge in [0.05, 0.1) is 0 Å². The molecule has 0 saturated heterocycles. The Morgan fingerprint density at radius 3 is 2.75 bits per heavy atom. The number of hydrogen-bond donors (Lipinski definition) is 2. The number of carbonyl (C=O) groups excluding carboxylic acids is 1. The van der Waals surface area contributed by atoms with E-state index in [0.29, 0.717) is 17.9 Å². The highest BCUT2D eigenvalue weighted by molar-refractivity contribution is 5.74. The Balaban J connectivity index is 2.35. The first-order chi connectivity index (χ1) is 7.39. The zero-order valence-electron chi connectivity index (χ0n) is 10.9. The minimum absolute atomic E-state index is 0.212. The lowest BCUT2D eigenvalue weighted by molar-refractivity contribution is -0.118. The van der Waals surface area contributed by atoms with E-state index in [1.54, 1.807) is 0 Å². The van der Waals surface area contributed by atoms with Gasteiger partial charge in [-0.15, -0.1) is 0 Å². The molecule has 0 aromatic rings. The van der Waals surface area contributed by atoms with Gasteiger partial charge in [0, 0.05) is 18.5 Å². The van der Waals surface area contributed by atoms with Crippen molar-refractivity contribution in [2.24, 2.45) is 11.1 Å². The largest absolute Gasteiger partial charge is 0.370 e. The number of primary amides is 1. The van der Waals surface area contributed by atoms with Crippen LogP contribution in [0.2, 0.25) is 0 Å². The predicted octanol–water partition coefficient (Wildman–Crippen LogP) is 2.20. The van der Waals surface area contributed by atoms with Crippen LogP contribution in [0.1, 0.15) is 59.3 Å². The third-order valence-corrected chi connectivity index (χ3v) is 3.60. The fourth-order valence-electron chi connectivity index (χ4n) is 2.59. The lowest BCUT2D eigenvalue weighted by Crippen LogP contribution is -2.38. The van der Waals surface area contributed by atoms with Crippen LogP contribution in [0.5, 0.6) is 0 Å². The van der Waals surface area contributed by atoms with Crippen molar-refractivity contribution in [2.75, 3.05) is 0 Å². The molecule has 1 fully saturated rings. The van der Waals surface area contributed by atoms with E-state index in [-0.39, 0.29) is 11.9 Å². The number of carbonyl (C=O) groups is 1. The van der Waals surface area contributed by atoms with Crippen molar-refractivity contribution in [1.29, 1.82) is 0 Å². The molecule has 3 N–H and O–H groups in total. The van der Waals surface area contributed by atoms with Crippen LogP contribution in [0.25, 0.3) is 0 Å². The molecule has 1 aliphatic carbocycles. The summed E-state index contributed by atoms with van der Waals surface area (Å²) in [5.74, 6) is -0.214. The first kappa shape index (κ1) is 13.5. The van der Waals surface area contributed by atoms with E-state index >= 15 is 0 Å². The first-order valence-electron chi connectivity index (χ1n) is 6.43. The van der Waals surface area contributed by atoms with E-state index < -0.39 is 0 Å².